The molecule has 1 atom stereocenters. The van der Waals surface area contributed by atoms with Crippen LogP contribution in [0.25, 0.3) is 0 Å². The van der Waals surface area contributed by atoms with E-state index in [0.29, 0.717) is 23.6 Å². The van der Waals surface area contributed by atoms with Crippen molar-refractivity contribution in [2.45, 2.75) is 57.5 Å². The quantitative estimate of drug-likeness (QED) is 0.766. The van der Waals surface area contributed by atoms with E-state index in [9.17, 15) is 14.4 Å². The van der Waals surface area contributed by atoms with Gasteiger partial charge in [-0.2, -0.15) is 0 Å². The van der Waals surface area contributed by atoms with Crippen LogP contribution < -0.4 is 14.8 Å². The summed E-state index contributed by atoms with van der Waals surface area (Å²) >= 11 is 0. The minimum Gasteiger partial charge on any atom is -0.454 e. The number of ether oxygens (including phenoxy) is 2. The first-order valence-electron chi connectivity index (χ1n) is 10.3. The number of likely N-dealkylation sites (N-methyl/N-ethyl adjacent to an activating group) is 1. The molecule has 1 aliphatic carbocycles. The third-order valence-electron chi connectivity index (χ3n) is 6.19. The molecule has 4 amide bonds. The number of imide groups is 1. The molecule has 156 valence electrons. The summed E-state index contributed by atoms with van der Waals surface area (Å²) in [5.41, 5.74) is -0.657. The Hall–Kier alpha value is -2.77. The number of benzene rings is 1. The van der Waals surface area contributed by atoms with Gasteiger partial charge in [0, 0.05) is 12.6 Å². The van der Waals surface area contributed by atoms with Gasteiger partial charge in [0.25, 0.3) is 5.91 Å². The molecule has 1 saturated heterocycles. The summed E-state index contributed by atoms with van der Waals surface area (Å²) in [5, 5.41) is 2.75. The normalized spacial score (nSPS) is 24.0. The fourth-order valence-electron chi connectivity index (χ4n) is 4.50. The maximum atomic E-state index is 13.2. The highest BCUT2D eigenvalue weighted by Gasteiger charge is 2.50. The Morgan fingerprint density at radius 1 is 1.21 bits per heavy atom. The van der Waals surface area contributed by atoms with Gasteiger partial charge in [0.15, 0.2) is 11.5 Å². The molecule has 1 saturated carbocycles. The van der Waals surface area contributed by atoms with Crippen molar-refractivity contribution in [1.82, 2.24) is 15.1 Å². The molecule has 29 heavy (non-hydrogen) atoms. The zero-order valence-corrected chi connectivity index (χ0v) is 16.9. The van der Waals surface area contributed by atoms with Gasteiger partial charge in [0.1, 0.15) is 12.1 Å². The SMILES string of the molecule is CCN(C(=O)CN1C(=O)N[C@@](C)(c2ccc3c(c2)OCO3)C1=O)C1CCCCC1. The number of hydrogen-bond donors (Lipinski definition) is 1. The monoisotopic (exact) mass is 401 g/mol. The summed E-state index contributed by atoms with van der Waals surface area (Å²) in [7, 11) is 0. The predicted octanol–water partition coefficient (Wildman–Crippen LogP) is 2.36. The topological polar surface area (TPSA) is 88.2 Å². The maximum absolute atomic E-state index is 13.2. The van der Waals surface area contributed by atoms with E-state index in [0.717, 1.165) is 30.6 Å². The zero-order chi connectivity index (χ0) is 20.6. The minimum absolute atomic E-state index is 0.129. The molecule has 2 aliphatic heterocycles. The van der Waals surface area contributed by atoms with E-state index in [2.05, 4.69) is 5.32 Å². The number of amides is 4. The molecule has 1 aromatic carbocycles. The van der Waals surface area contributed by atoms with Gasteiger partial charge in [0.05, 0.1) is 0 Å². The molecule has 0 bridgehead atoms. The minimum atomic E-state index is -1.25. The zero-order valence-electron chi connectivity index (χ0n) is 16.9. The number of carbonyl (C=O) groups excluding carboxylic acids is 3. The highest BCUT2D eigenvalue weighted by molar-refractivity contribution is 6.09. The molecule has 0 radical (unpaired) electrons. The molecule has 1 aromatic rings. The molecular formula is C21H27N3O5. The van der Waals surface area contributed by atoms with Crippen LogP contribution in [0, 0.1) is 0 Å². The average molecular weight is 401 g/mol. The van der Waals surface area contributed by atoms with Gasteiger partial charge in [-0.15, -0.1) is 0 Å². The van der Waals surface area contributed by atoms with Gasteiger partial charge in [-0.05, 0) is 44.4 Å². The Kier molecular flexibility index (Phi) is 5.10. The first-order chi connectivity index (χ1) is 13.9. The molecule has 3 aliphatic rings. The van der Waals surface area contributed by atoms with E-state index in [1.165, 1.54) is 6.42 Å². The second kappa shape index (κ2) is 7.57. The summed E-state index contributed by atoms with van der Waals surface area (Å²) in [6.07, 6.45) is 5.38. The first-order valence-corrected chi connectivity index (χ1v) is 10.3. The molecule has 0 unspecified atom stereocenters. The fourth-order valence-corrected chi connectivity index (χ4v) is 4.50. The predicted molar refractivity (Wildman–Crippen MR) is 104 cm³/mol. The summed E-state index contributed by atoms with van der Waals surface area (Å²) < 4.78 is 10.7. The van der Waals surface area contributed by atoms with E-state index in [1.807, 2.05) is 11.8 Å². The molecule has 1 N–H and O–H groups in total. The maximum Gasteiger partial charge on any atom is 0.325 e. The molecule has 0 spiro atoms. The van der Waals surface area contributed by atoms with Crippen LogP contribution in [0.5, 0.6) is 11.5 Å². The summed E-state index contributed by atoms with van der Waals surface area (Å²) in [6, 6.07) is 4.80. The van der Waals surface area contributed by atoms with Crippen LogP contribution in [-0.4, -0.2) is 53.6 Å². The third-order valence-corrected chi connectivity index (χ3v) is 6.19. The lowest BCUT2D eigenvalue weighted by Gasteiger charge is -2.34. The van der Waals surface area contributed by atoms with Crippen molar-refractivity contribution < 1.29 is 23.9 Å². The van der Waals surface area contributed by atoms with Crippen LogP contribution in [0.4, 0.5) is 4.79 Å². The van der Waals surface area contributed by atoms with Gasteiger partial charge < -0.3 is 19.7 Å². The third kappa shape index (κ3) is 3.41. The van der Waals surface area contributed by atoms with Gasteiger partial charge >= 0.3 is 6.03 Å². The summed E-state index contributed by atoms with van der Waals surface area (Å²) in [5.74, 6) is 0.522. The molecule has 0 aromatic heterocycles. The van der Waals surface area contributed by atoms with Crippen LogP contribution in [-0.2, 0) is 15.1 Å². The summed E-state index contributed by atoms with van der Waals surface area (Å²) in [4.78, 5) is 41.5. The van der Waals surface area contributed by atoms with Crippen LogP contribution in [0.1, 0.15) is 51.5 Å². The van der Waals surface area contributed by atoms with Crippen molar-refractivity contribution in [1.29, 1.82) is 0 Å². The van der Waals surface area contributed by atoms with E-state index in [1.54, 1.807) is 25.1 Å². The van der Waals surface area contributed by atoms with Crippen molar-refractivity contribution in [2.24, 2.45) is 0 Å². The van der Waals surface area contributed by atoms with Gasteiger partial charge in [-0.25, -0.2) is 4.79 Å². The van der Waals surface area contributed by atoms with Crippen LogP contribution >= 0.6 is 0 Å². The molecule has 8 nitrogen and oxygen atoms in total. The van der Waals surface area contributed by atoms with Gasteiger partial charge in [0.2, 0.25) is 12.7 Å². The fraction of sp³-hybridized carbons (Fsp3) is 0.571. The standard InChI is InChI=1S/C21H27N3O5/c1-3-23(15-7-5-4-6-8-15)18(25)12-24-19(26)21(2,22-20(24)27)14-9-10-16-17(11-14)29-13-28-16/h9-11,15H,3-8,12-13H2,1-2H3,(H,22,27)/t21-/m0/s1. The Balaban J connectivity index is 1.51. The lowest BCUT2D eigenvalue weighted by atomic mass is 9.91. The van der Waals surface area contributed by atoms with E-state index >= 15 is 0 Å². The average Bonchev–Trinajstić information content (AvgIpc) is 3.28. The van der Waals surface area contributed by atoms with E-state index < -0.39 is 17.5 Å². The van der Waals surface area contributed by atoms with Gasteiger partial charge in [-0.1, -0.05) is 25.3 Å². The van der Waals surface area contributed by atoms with E-state index in [-0.39, 0.29) is 25.3 Å². The molecule has 2 fully saturated rings. The number of nitrogens with one attached hydrogen (secondary N) is 1. The van der Waals surface area contributed by atoms with Crippen LogP contribution in [0.2, 0.25) is 0 Å². The Morgan fingerprint density at radius 3 is 2.66 bits per heavy atom. The van der Waals surface area contributed by atoms with Crippen LogP contribution in [0.15, 0.2) is 18.2 Å². The van der Waals surface area contributed by atoms with Crippen molar-refractivity contribution in [3.05, 3.63) is 23.8 Å². The Morgan fingerprint density at radius 2 is 1.93 bits per heavy atom. The van der Waals surface area contributed by atoms with Crippen molar-refractivity contribution in [2.75, 3.05) is 19.9 Å². The molecule has 8 heteroatoms. The number of hydrogen-bond acceptors (Lipinski definition) is 5. The second-order valence-electron chi connectivity index (χ2n) is 7.99. The smallest absolute Gasteiger partial charge is 0.325 e. The summed E-state index contributed by atoms with van der Waals surface area (Å²) in [6.45, 7) is 4.05. The van der Waals surface area contributed by atoms with E-state index in [4.69, 9.17) is 9.47 Å². The number of carbonyl (C=O) groups is 3. The van der Waals surface area contributed by atoms with Crippen molar-refractivity contribution in [3.8, 4) is 11.5 Å². The van der Waals surface area contributed by atoms with Gasteiger partial charge in [-0.3, -0.25) is 14.5 Å². The first kappa shape index (κ1) is 19.5. The number of nitrogens with zero attached hydrogens (tertiary/aromatic N) is 2. The number of fused-ring (bicyclic) bond motifs is 1. The van der Waals surface area contributed by atoms with Crippen molar-refractivity contribution in [3.63, 3.8) is 0 Å². The number of rotatable bonds is 5. The second-order valence-corrected chi connectivity index (χ2v) is 7.99. The molecule has 4 rings (SSSR count). The Bertz CT molecular complexity index is 836. The molecular weight excluding hydrogens is 374 g/mol. The molecule has 2 heterocycles. The highest BCUT2D eigenvalue weighted by atomic mass is 16.7. The number of urea groups is 1. The van der Waals surface area contributed by atoms with Crippen LogP contribution in [0.3, 0.4) is 0 Å². The lowest BCUT2D eigenvalue weighted by Crippen LogP contribution is -2.48. The largest absolute Gasteiger partial charge is 0.454 e. The highest BCUT2D eigenvalue weighted by Crippen LogP contribution is 2.37. The lowest BCUT2D eigenvalue weighted by molar-refractivity contribution is -0.140. The van der Waals surface area contributed by atoms with Crippen molar-refractivity contribution >= 4 is 17.8 Å². The Labute approximate surface area is 170 Å².